The summed E-state index contributed by atoms with van der Waals surface area (Å²) >= 11 is 0. The van der Waals surface area contributed by atoms with Crippen LogP contribution in [0.5, 0.6) is 0 Å². The second kappa shape index (κ2) is 4.19. The van der Waals surface area contributed by atoms with Gasteiger partial charge in [0.15, 0.2) is 11.5 Å². The molecule has 0 unspecified atom stereocenters. The smallest absolute Gasteiger partial charge is 0.157 e. The van der Waals surface area contributed by atoms with Crippen LogP contribution < -0.4 is 0 Å². The lowest BCUT2D eigenvalue weighted by molar-refractivity contribution is 0.125. The Labute approximate surface area is 73.9 Å². The molecule has 0 aromatic rings. The third kappa shape index (κ3) is 2.29. The number of hydrogen-bond donors (Lipinski definition) is 0. The Bertz CT molecular complexity index is 202. The number of allylic oxidation sites excluding steroid dienone is 2. The Hall–Kier alpha value is -0.920. The molecule has 0 aliphatic heterocycles. The molecule has 0 spiro atoms. The van der Waals surface area contributed by atoms with Crippen molar-refractivity contribution in [2.24, 2.45) is 0 Å². The van der Waals surface area contributed by atoms with Crippen LogP contribution in [0.3, 0.4) is 0 Å². The average Bonchev–Trinajstić information content (AvgIpc) is 2.04. The zero-order valence-corrected chi connectivity index (χ0v) is 7.83. The molecule has 0 aromatic heterocycles. The number of ether oxygens (including phenoxy) is 2. The molecule has 67 valence electrons. The zero-order chi connectivity index (χ0) is 8.97. The van der Waals surface area contributed by atoms with Crippen LogP contribution in [0.15, 0.2) is 23.7 Å². The predicted octanol–water partition coefficient (Wildman–Crippen LogP) is 2.43. The van der Waals surface area contributed by atoms with E-state index in [2.05, 4.69) is 0 Å². The van der Waals surface area contributed by atoms with Crippen LogP contribution in [-0.2, 0) is 9.47 Å². The van der Waals surface area contributed by atoms with Crippen molar-refractivity contribution in [2.45, 2.75) is 26.4 Å². The summed E-state index contributed by atoms with van der Waals surface area (Å²) in [5, 5.41) is 0. The summed E-state index contributed by atoms with van der Waals surface area (Å²) in [5.41, 5.74) is 0. The Balaban J connectivity index is 2.61. The largest absolute Gasteiger partial charge is 0.493 e. The molecule has 0 amide bonds. The van der Waals surface area contributed by atoms with Crippen molar-refractivity contribution in [1.29, 1.82) is 0 Å². The van der Waals surface area contributed by atoms with Gasteiger partial charge in [0, 0.05) is 0 Å². The van der Waals surface area contributed by atoms with Crippen molar-refractivity contribution < 1.29 is 9.47 Å². The summed E-state index contributed by atoms with van der Waals surface area (Å²) in [6.45, 7) is 4.01. The van der Waals surface area contributed by atoms with Crippen LogP contribution in [0, 0.1) is 6.42 Å². The van der Waals surface area contributed by atoms with Crippen LogP contribution in [0.1, 0.15) is 20.3 Å². The third-order valence-corrected chi connectivity index (χ3v) is 1.53. The van der Waals surface area contributed by atoms with Crippen LogP contribution in [0.2, 0.25) is 0 Å². The van der Waals surface area contributed by atoms with E-state index in [4.69, 9.17) is 9.47 Å². The van der Waals surface area contributed by atoms with Gasteiger partial charge >= 0.3 is 0 Å². The fraction of sp³-hybridized carbons (Fsp3) is 0.500. The normalized spacial score (nSPS) is 17.0. The topological polar surface area (TPSA) is 18.5 Å². The molecule has 2 nitrogen and oxygen atoms in total. The van der Waals surface area contributed by atoms with Gasteiger partial charge < -0.3 is 9.47 Å². The van der Waals surface area contributed by atoms with E-state index in [1.807, 2.05) is 32.4 Å². The van der Waals surface area contributed by atoms with E-state index in [9.17, 15) is 0 Å². The number of rotatable bonds is 3. The summed E-state index contributed by atoms with van der Waals surface area (Å²) in [4.78, 5) is 0. The standard InChI is InChI=1S/C10H15O2/c1-8(2)12-10-7-5-4-6-9(10)11-3/h4,6-8H,5H2,1-3H3. The summed E-state index contributed by atoms with van der Waals surface area (Å²) in [6, 6.07) is 0. The summed E-state index contributed by atoms with van der Waals surface area (Å²) < 4.78 is 10.7. The fourth-order valence-electron chi connectivity index (χ4n) is 1.06. The van der Waals surface area contributed by atoms with Gasteiger partial charge in [-0.1, -0.05) is 0 Å². The summed E-state index contributed by atoms with van der Waals surface area (Å²) in [7, 11) is 1.66. The molecule has 0 heterocycles. The lowest BCUT2D eigenvalue weighted by atomic mass is 10.1. The Kier molecular flexibility index (Phi) is 3.20. The number of methoxy groups -OCH3 is 1. The molecule has 0 fully saturated rings. The van der Waals surface area contributed by atoms with Gasteiger partial charge in [-0.2, -0.15) is 0 Å². The Morgan fingerprint density at radius 3 is 2.67 bits per heavy atom. The fourth-order valence-corrected chi connectivity index (χ4v) is 1.06. The minimum absolute atomic E-state index is 0.202. The first kappa shape index (κ1) is 9.17. The lowest BCUT2D eigenvalue weighted by Gasteiger charge is -2.18. The summed E-state index contributed by atoms with van der Waals surface area (Å²) in [6.07, 6.45) is 7.14. The highest BCUT2D eigenvalue weighted by molar-refractivity contribution is 5.28. The van der Waals surface area contributed by atoms with Crippen molar-refractivity contribution in [3.05, 3.63) is 30.1 Å². The van der Waals surface area contributed by atoms with Gasteiger partial charge in [-0.25, -0.2) is 0 Å². The SMILES string of the molecule is COC1=C[CH]CC=C1OC(C)C. The number of hydrogen-bond acceptors (Lipinski definition) is 2. The molecule has 0 bridgehead atoms. The maximum atomic E-state index is 5.54. The maximum Gasteiger partial charge on any atom is 0.157 e. The van der Waals surface area contributed by atoms with Gasteiger partial charge in [0.05, 0.1) is 13.2 Å². The second-order valence-electron chi connectivity index (χ2n) is 2.94. The van der Waals surface area contributed by atoms with Gasteiger partial charge in [0.1, 0.15) is 0 Å². The van der Waals surface area contributed by atoms with Crippen molar-refractivity contribution in [3.63, 3.8) is 0 Å². The highest BCUT2D eigenvalue weighted by Crippen LogP contribution is 2.20. The first-order valence-electron chi connectivity index (χ1n) is 4.18. The summed E-state index contributed by atoms with van der Waals surface area (Å²) in [5.74, 6) is 1.67. The first-order chi connectivity index (χ1) is 5.74. The molecular formula is C10H15O2. The van der Waals surface area contributed by atoms with Gasteiger partial charge in [-0.3, -0.25) is 0 Å². The van der Waals surface area contributed by atoms with E-state index >= 15 is 0 Å². The molecule has 1 aliphatic carbocycles. The molecule has 1 radical (unpaired) electrons. The van der Waals surface area contributed by atoms with Gasteiger partial charge in [-0.15, -0.1) is 0 Å². The van der Waals surface area contributed by atoms with Crippen LogP contribution in [-0.4, -0.2) is 13.2 Å². The molecule has 1 aliphatic rings. The van der Waals surface area contributed by atoms with Crippen molar-refractivity contribution in [2.75, 3.05) is 7.11 Å². The van der Waals surface area contributed by atoms with Crippen molar-refractivity contribution >= 4 is 0 Å². The van der Waals surface area contributed by atoms with E-state index in [0.717, 1.165) is 17.9 Å². The average molecular weight is 167 g/mol. The van der Waals surface area contributed by atoms with E-state index in [-0.39, 0.29) is 6.10 Å². The van der Waals surface area contributed by atoms with Gasteiger partial charge in [0.2, 0.25) is 0 Å². The predicted molar refractivity (Wildman–Crippen MR) is 48.3 cm³/mol. The van der Waals surface area contributed by atoms with E-state index < -0.39 is 0 Å². The van der Waals surface area contributed by atoms with Crippen molar-refractivity contribution in [3.8, 4) is 0 Å². The van der Waals surface area contributed by atoms with E-state index in [0.29, 0.717) is 0 Å². The second-order valence-corrected chi connectivity index (χ2v) is 2.94. The Morgan fingerprint density at radius 1 is 1.33 bits per heavy atom. The van der Waals surface area contributed by atoms with Crippen molar-refractivity contribution in [1.82, 2.24) is 0 Å². The molecular weight excluding hydrogens is 152 g/mol. The zero-order valence-electron chi connectivity index (χ0n) is 7.83. The van der Waals surface area contributed by atoms with Gasteiger partial charge in [-0.05, 0) is 38.8 Å². The van der Waals surface area contributed by atoms with Crippen LogP contribution in [0.25, 0.3) is 0 Å². The molecule has 0 saturated heterocycles. The van der Waals surface area contributed by atoms with Crippen LogP contribution >= 0.6 is 0 Å². The lowest BCUT2D eigenvalue weighted by Crippen LogP contribution is -2.07. The molecule has 0 aromatic carbocycles. The van der Waals surface area contributed by atoms with Gasteiger partial charge in [0.25, 0.3) is 0 Å². The molecule has 12 heavy (non-hydrogen) atoms. The minimum Gasteiger partial charge on any atom is -0.493 e. The molecule has 2 heteroatoms. The highest BCUT2D eigenvalue weighted by atomic mass is 16.5. The monoisotopic (exact) mass is 167 g/mol. The first-order valence-corrected chi connectivity index (χ1v) is 4.18. The third-order valence-electron chi connectivity index (χ3n) is 1.53. The van der Waals surface area contributed by atoms with E-state index in [1.54, 1.807) is 7.11 Å². The van der Waals surface area contributed by atoms with Crippen LogP contribution in [0.4, 0.5) is 0 Å². The molecule has 0 saturated carbocycles. The molecule has 0 N–H and O–H groups in total. The maximum absolute atomic E-state index is 5.54. The quantitative estimate of drug-likeness (QED) is 0.642. The molecule has 1 rings (SSSR count). The minimum atomic E-state index is 0.202. The van der Waals surface area contributed by atoms with E-state index in [1.165, 1.54) is 0 Å². The molecule has 0 atom stereocenters. The highest BCUT2D eigenvalue weighted by Gasteiger charge is 2.11. The Morgan fingerprint density at radius 2 is 2.08 bits per heavy atom.